The van der Waals surface area contributed by atoms with Gasteiger partial charge in [-0.1, -0.05) is 19.8 Å². The SMILES string of the molecule is CCCCCc1cc(O)c2c(c1)OC(C)(C)C(c1cc(O)n(OCCC=O)c1O)=C2C. The Hall–Kier alpha value is -3.09. The first kappa shape index (κ1) is 22.6. The molecule has 31 heavy (non-hydrogen) atoms. The van der Waals surface area contributed by atoms with Crippen LogP contribution in [0.15, 0.2) is 18.2 Å². The van der Waals surface area contributed by atoms with Crippen LogP contribution in [-0.2, 0) is 11.2 Å². The van der Waals surface area contributed by atoms with Crippen molar-refractivity contribution in [2.45, 2.75) is 65.4 Å². The maximum absolute atomic E-state index is 10.8. The van der Waals surface area contributed by atoms with Gasteiger partial charge in [0.2, 0.25) is 11.8 Å². The van der Waals surface area contributed by atoms with Gasteiger partial charge in [0, 0.05) is 18.1 Å². The minimum atomic E-state index is -0.843. The summed E-state index contributed by atoms with van der Waals surface area (Å²) in [6.07, 6.45) is 4.99. The Kier molecular flexibility index (Phi) is 6.53. The molecule has 168 valence electrons. The lowest BCUT2D eigenvalue weighted by atomic mass is 9.82. The lowest BCUT2D eigenvalue weighted by Crippen LogP contribution is -2.33. The Morgan fingerprint density at radius 3 is 2.58 bits per heavy atom. The number of aldehydes is 1. The second-order valence-electron chi connectivity index (χ2n) is 8.38. The molecule has 0 unspecified atom stereocenters. The summed E-state index contributed by atoms with van der Waals surface area (Å²) in [6.45, 7) is 7.77. The molecule has 0 spiro atoms. The van der Waals surface area contributed by atoms with Gasteiger partial charge in [0.15, 0.2) is 0 Å². The van der Waals surface area contributed by atoms with Crippen LogP contribution >= 0.6 is 0 Å². The third-order valence-electron chi connectivity index (χ3n) is 5.57. The maximum Gasteiger partial charge on any atom is 0.237 e. The van der Waals surface area contributed by atoms with E-state index in [4.69, 9.17) is 9.57 Å². The Balaban J connectivity index is 2.06. The van der Waals surface area contributed by atoms with Gasteiger partial charge in [-0.15, -0.1) is 4.73 Å². The average molecular weight is 430 g/mol. The molecule has 0 saturated heterocycles. The number of unbranched alkanes of at least 4 members (excludes halogenated alkanes) is 2. The number of benzene rings is 1. The predicted octanol–water partition coefficient (Wildman–Crippen LogP) is 4.46. The molecule has 0 amide bonds. The van der Waals surface area contributed by atoms with E-state index in [0.717, 1.165) is 41.6 Å². The molecular formula is C24H31NO6. The van der Waals surface area contributed by atoms with Crippen LogP contribution in [0.4, 0.5) is 0 Å². The highest BCUT2D eigenvalue weighted by molar-refractivity contribution is 5.99. The van der Waals surface area contributed by atoms with Crippen LogP contribution in [-0.4, -0.2) is 38.5 Å². The molecule has 2 heterocycles. The summed E-state index contributed by atoms with van der Waals surface area (Å²) in [4.78, 5) is 15.8. The monoisotopic (exact) mass is 429 g/mol. The number of rotatable bonds is 9. The molecule has 0 bridgehead atoms. The van der Waals surface area contributed by atoms with Crippen molar-refractivity contribution in [3.63, 3.8) is 0 Å². The number of fused-ring (bicyclic) bond motifs is 1. The van der Waals surface area contributed by atoms with Gasteiger partial charge in [-0.05, 0) is 56.9 Å². The average Bonchev–Trinajstić information content (AvgIpc) is 2.95. The molecule has 1 aliphatic rings. The van der Waals surface area contributed by atoms with E-state index in [1.807, 2.05) is 26.8 Å². The molecule has 2 aromatic rings. The van der Waals surface area contributed by atoms with E-state index in [-0.39, 0.29) is 30.5 Å². The molecule has 3 rings (SSSR count). The fourth-order valence-corrected chi connectivity index (χ4v) is 4.24. The van der Waals surface area contributed by atoms with E-state index < -0.39 is 5.60 Å². The van der Waals surface area contributed by atoms with Crippen molar-refractivity contribution in [2.75, 3.05) is 6.61 Å². The second kappa shape index (κ2) is 8.96. The van der Waals surface area contributed by atoms with Crippen LogP contribution in [0.5, 0.6) is 23.3 Å². The first-order valence-corrected chi connectivity index (χ1v) is 10.7. The molecule has 7 nitrogen and oxygen atoms in total. The van der Waals surface area contributed by atoms with Crippen molar-refractivity contribution in [3.05, 3.63) is 34.9 Å². The van der Waals surface area contributed by atoms with E-state index >= 15 is 0 Å². The summed E-state index contributed by atoms with van der Waals surface area (Å²) in [7, 11) is 0. The molecule has 1 aromatic carbocycles. The Morgan fingerprint density at radius 1 is 1.16 bits per heavy atom. The Morgan fingerprint density at radius 2 is 1.90 bits per heavy atom. The second-order valence-corrected chi connectivity index (χ2v) is 8.38. The Bertz CT molecular complexity index is 1000. The van der Waals surface area contributed by atoms with Gasteiger partial charge >= 0.3 is 0 Å². The fourth-order valence-electron chi connectivity index (χ4n) is 4.24. The number of hydrogen-bond acceptors (Lipinski definition) is 6. The van der Waals surface area contributed by atoms with E-state index in [0.29, 0.717) is 28.7 Å². The molecule has 0 aliphatic carbocycles. The number of aryl methyl sites for hydroxylation is 1. The number of aromatic hydroxyl groups is 3. The zero-order valence-corrected chi connectivity index (χ0v) is 18.6. The molecule has 0 radical (unpaired) electrons. The van der Waals surface area contributed by atoms with Crippen LogP contribution in [0, 0.1) is 0 Å². The van der Waals surface area contributed by atoms with Crippen molar-refractivity contribution in [1.82, 2.24) is 4.73 Å². The fraction of sp³-hybridized carbons (Fsp3) is 0.458. The first-order chi connectivity index (χ1) is 14.7. The van der Waals surface area contributed by atoms with E-state index in [2.05, 4.69) is 6.92 Å². The molecule has 0 atom stereocenters. The number of phenols is 1. The molecule has 0 saturated carbocycles. The topological polar surface area (TPSA) is 101 Å². The number of carbonyl (C=O) groups excluding carboxylic acids is 1. The van der Waals surface area contributed by atoms with Gasteiger partial charge in [0.25, 0.3) is 0 Å². The highest BCUT2D eigenvalue weighted by Crippen LogP contribution is 2.51. The van der Waals surface area contributed by atoms with Gasteiger partial charge in [0.05, 0.1) is 11.1 Å². The van der Waals surface area contributed by atoms with E-state index in [1.54, 1.807) is 6.07 Å². The largest absolute Gasteiger partial charge is 0.507 e. The summed E-state index contributed by atoms with van der Waals surface area (Å²) in [5.41, 5.74) is 2.45. The number of hydrogen-bond donors (Lipinski definition) is 3. The highest BCUT2D eigenvalue weighted by atomic mass is 16.7. The molecule has 1 aliphatic heterocycles. The van der Waals surface area contributed by atoms with Crippen molar-refractivity contribution < 1.29 is 29.7 Å². The van der Waals surface area contributed by atoms with Gasteiger partial charge in [0.1, 0.15) is 30.0 Å². The third kappa shape index (κ3) is 4.36. The number of phenolic OH excluding ortho intramolecular Hbond substituents is 1. The number of carbonyl (C=O) groups is 1. The van der Waals surface area contributed by atoms with Crippen molar-refractivity contribution in [3.8, 4) is 23.3 Å². The van der Waals surface area contributed by atoms with Crippen LogP contribution in [0.1, 0.15) is 70.1 Å². The number of allylic oxidation sites excluding steroid dienone is 1. The normalized spacial score (nSPS) is 14.8. The summed E-state index contributed by atoms with van der Waals surface area (Å²) in [5.74, 6) is 0.132. The lowest BCUT2D eigenvalue weighted by molar-refractivity contribution is -0.109. The van der Waals surface area contributed by atoms with E-state index in [1.165, 1.54) is 6.07 Å². The smallest absolute Gasteiger partial charge is 0.237 e. The van der Waals surface area contributed by atoms with Crippen LogP contribution in [0.25, 0.3) is 11.1 Å². The standard InChI is InChI=1S/C24H31NO6/c1-5-6-7-9-16-12-18(27)21-15(2)22(24(3,4)31-19(21)13-16)17-14-20(28)25(23(17)29)30-11-8-10-26/h10,12-14,27-29H,5-9,11H2,1-4H3. The zero-order valence-electron chi connectivity index (χ0n) is 18.6. The summed E-state index contributed by atoms with van der Waals surface area (Å²) in [6, 6.07) is 5.13. The van der Waals surface area contributed by atoms with E-state index in [9.17, 15) is 20.1 Å². The highest BCUT2D eigenvalue weighted by Gasteiger charge is 2.38. The minimum Gasteiger partial charge on any atom is -0.507 e. The summed E-state index contributed by atoms with van der Waals surface area (Å²) < 4.78 is 7.17. The Labute approximate surface area is 182 Å². The predicted molar refractivity (Wildman–Crippen MR) is 118 cm³/mol. The molecular weight excluding hydrogens is 398 g/mol. The maximum atomic E-state index is 10.8. The molecule has 0 fully saturated rings. The number of nitrogens with zero attached hydrogens (tertiary/aromatic N) is 1. The molecule has 7 heteroatoms. The quantitative estimate of drug-likeness (QED) is 0.402. The lowest BCUT2D eigenvalue weighted by Gasteiger charge is -2.36. The molecule has 1 aromatic heterocycles. The molecule has 3 N–H and O–H groups in total. The van der Waals surface area contributed by atoms with Crippen molar-refractivity contribution in [1.29, 1.82) is 0 Å². The number of ether oxygens (including phenoxy) is 1. The third-order valence-corrected chi connectivity index (χ3v) is 5.57. The van der Waals surface area contributed by atoms with Crippen LogP contribution in [0.3, 0.4) is 0 Å². The van der Waals surface area contributed by atoms with Crippen molar-refractivity contribution >= 4 is 17.4 Å². The van der Waals surface area contributed by atoms with Crippen molar-refractivity contribution in [2.24, 2.45) is 0 Å². The van der Waals surface area contributed by atoms with Gasteiger partial charge in [-0.3, -0.25) is 0 Å². The summed E-state index contributed by atoms with van der Waals surface area (Å²) in [5, 5.41) is 31.8. The summed E-state index contributed by atoms with van der Waals surface area (Å²) >= 11 is 0. The minimum absolute atomic E-state index is 0.0150. The van der Waals surface area contributed by atoms with Gasteiger partial charge in [-0.2, -0.15) is 0 Å². The van der Waals surface area contributed by atoms with Crippen LogP contribution < -0.4 is 9.57 Å². The van der Waals surface area contributed by atoms with Gasteiger partial charge < -0.3 is 29.7 Å². The van der Waals surface area contributed by atoms with Crippen LogP contribution in [0.2, 0.25) is 0 Å². The first-order valence-electron chi connectivity index (χ1n) is 10.7. The van der Waals surface area contributed by atoms with Gasteiger partial charge in [-0.25, -0.2) is 0 Å². The number of aromatic nitrogens is 1. The zero-order chi connectivity index (χ0) is 22.8.